The zero-order valence-electron chi connectivity index (χ0n) is 7.79. The SMILES string of the molecule is CN1CCc2ccccc2C(=O)C1. The smallest absolute Gasteiger partial charge is 0.177 e. The Bertz CT molecular complexity index is 333. The van der Waals surface area contributed by atoms with Gasteiger partial charge in [-0.15, -0.1) is 0 Å². The molecule has 0 radical (unpaired) electrons. The molecule has 68 valence electrons. The molecule has 0 bridgehead atoms. The number of carbonyl (C=O) groups is 1. The van der Waals surface area contributed by atoms with Gasteiger partial charge in [0.25, 0.3) is 0 Å². The second-order valence-corrected chi connectivity index (χ2v) is 3.57. The minimum Gasteiger partial charge on any atom is -0.299 e. The van der Waals surface area contributed by atoms with Crippen LogP contribution in [-0.2, 0) is 6.42 Å². The summed E-state index contributed by atoms with van der Waals surface area (Å²) in [4.78, 5) is 13.7. The highest BCUT2D eigenvalue weighted by atomic mass is 16.1. The molecule has 1 aromatic rings. The van der Waals surface area contributed by atoms with Crippen molar-refractivity contribution in [2.45, 2.75) is 6.42 Å². The predicted molar refractivity (Wildman–Crippen MR) is 52.0 cm³/mol. The number of hydrogen-bond donors (Lipinski definition) is 0. The van der Waals surface area contributed by atoms with Gasteiger partial charge in [0.15, 0.2) is 5.78 Å². The first-order valence-corrected chi connectivity index (χ1v) is 4.57. The number of benzene rings is 1. The number of Topliss-reactive ketones (excluding diaryl/α,β-unsaturated/α-hetero) is 1. The lowest BCUT2D eigenvalue weighted by atomic mass is 10.0. The number of carbonyl (C=O) groups excluding carboxylic acids is 1. The van der Waals surface area contributed by atoms with Crippen LogP contribution in [0.3, 0.4) is 0 Å². The molecular weight excluding hydrogens is 162 g/mol. The minimum absolute atomic E-state index is 0.246. The van der Waals surface area contributed by atoms with E-state index >= 15 is 0 Å². The summed E-state index contributed by atoms with van der Waals surface area (Å²) in [5.41, 5.74) is 2.10. The molecule has 0 unspecified atom stereocenters. The summed E-state index contributed by atoms with van der Waals surface area (Å²) in [6.07, 6.45) is 0.985. The normalized spacial score (nSPS) is 18.1. The molecule has 0 N–H and O–H groups in total. The molecule has 1 aliphatic heterocycles. The van der Waals surface area contributed by atoms with E-state index < -0.39 is 0 Å². The van der Waals surface area contributed by atoms with Crippen molar-refractivity contribution in [2.75, 3.05) is 20.1 Å². The second-order valence-electron chi connectivity index (χ2n) is 3.57. The summed E-state index contributed by atoms with van der Waals surface area (Å²) >= 11 is 0. The number of likely N-dealkylation sites (N-methyl/N-ethyl adjacent to an activating group) is 1. The van der Waals surface area contributed by atoms with Crippen molar-refractivity contribution in [1.82, 2.24) is 4.90 Å². The quantitative estimate of drug-likeness (QED) is 0.593. The standard InChI is InChI=1S/C11H13NO/c1-12-7-6-9-4-2-3-5-10(9)11(13)8-12/h2-5H,6-8H2,1H3. The van der Waals surface area contributed by atoms with Crippen LogP contribution < -0.4 is 0 Å². The van der Waals surface area contributed by atoms with Crippen LogP contribution in [0, 0.1) is 0 Å². The highest BCUT2D eigenvalue weighted by Crippen LogP contribution is 2.14. The first-order valence-electron chi connectivity index (χ1n) is 4.57. The molecule has 0 atom stereocenters. The van der Waals surface area contributed by atoms with Gasteiger partial charge < -0.3 is 0 Å². The number of nitrogens with zero attached hydrogens (tertiary/aromatic N) is 1. The third-order valence-corrected chi connectivity index (χ3v) is 2.49. The molecule has 0 saturated heterocycles. The molecule has 0 spiro atoms. The van der Waals surface area contributed by atoms with Gasteiger partial charge in [-0.3, -0.25) is 9.69 Å². The Labute approximate surface area is 78.2 Å². The van der Waals surface area contributed by atoms with Gasteiger partial charge in [0, 0.05) is 12.1 Å². The lowest BCUT2D eigenvalue weighted by molar-refractivity contribution is 0.0954. The maximum atomic E-state index is 11.7. The zero-order chi connectivity index (χ0) is 9.26. The van der Waals surface area contributed by atoms with E-state index in [9.17, 15) is 4.79 Å². The molecule has 13 heavy (non-hydrogen) atoms. The number of fused-ring (bicyclic) bond motifs is 1. The van der Waals surface area contributed by atoms with Gasteiger partial charge in [-0.25, -0.2) is 0 Å². The molecule has 0 aliphatic carbocycles. The van der Waals surface area contributed by atoms with Crippen LogP contribution >= 0.6 is 0 Å². The fraction of sp³-hybridized carbons (Fsp3) is 0.364. The molecule has 2 nitrogen and oxygen atoms in total. The Morgan fingerprint density at radius 3 is 2.92 bits per heavy atom. The predicted octanol–water partition coefficient (Wildman–Crippen LogP) is 1.36. The minimum atomic E-state index is 0.246. The Kier molecular flexibility index (Phi) is 2.15. The second kappa shape index (κ2) is 3.30. The van der Waals surface area contributed by atoms with Crippen LogP contribution in [0.15, 0.2) is 24.3 Å². The molecular formula is C11H13NO. The van der Waals surface area contributed by atoms with Gasteiger partial charge in [0.2, 0.25) is 0 Å². The fourth-order valence-corrected chi connectivity index (χ4v) is 1.73. The van der Waals surface area contributed by atoms with E-state index in [1.54, 1.807) is 0 Å². The van der Waals surface area contributed by atoms with E-state index in [1.165, 1.54) is 5.56 Å². The van der Waals surface area contributed by atoms with Crippen molar-refractivity contribution in [3.8, 4) is 0 Å². The average Bonchev–Trinajstić information content (AvgIpc) is 2.27. The summed E-state index contributed by atoms with van der Waals surface area (Å²) in [5.74, 6) is 0.246. The van der Waals surface area contributed by atoms with Crippen molar-refractivity contribution in [3.63, 3.8) is 0 Å². The van der Waals surface area contributed by atoms with Gasteiger partial charge in [-0.2, -0.15) is 0 Å². The molecule has 2 heteroatoms. The van der Waals surface area contributed by atoms with Crippen LogP contribution in [0.4, 0.5) is 0 Å². The van der Waals surface area contributed by atoms with Gasteiger partial charge in [0.1, 0.15) is 0 Å². The van der Waals surface area contributed by atoms with Crippen molar-refractivity contribution < 1.29 is 4.79 Å². The Morgan fingerprint density at radius 2 is 2.08 bits per heavy atom. The number of ketones is 1. The van der Waals surface area contributed by atoms with Crippen LogP contribution in [-0.4, -0.2) is 30.8 Å². The maximum absolute atomic E-state index is 11.7. The van der Waals surface area contributed by atoms with Crippen molar-refractivity contribution in [3.05, 3.63) is 35.4 Å². The van der Waals surface area contributed by atoms with Crippen LogP contribution in [0.5, 0.6) is 0 Å². The first-order chi connectivity index (χ1) is 6.27. The van der Waals surface area contributed by atoms with E-state index in [0.717, 1.165) is 18.5 Å². The molecule has 0 amide bonds. The molecule has 0 saturated carbocycles. The summed E-state index contributed by atoms with van der Waals surface area (Å²) in [7, 11) is 1.99. The van der Waals surface area contributed by atoms with Gasteiger partial charge in [-0.05, 0) is 19.0 Å². The summed E-state index contributed by atoms with van der Waals surface area (Å²) in [6, 6.07) is 7.91. The average molecular weight is 175 g/mol. The molecule has 1 aliphatic rings. The first kappa shape index (κ1) is 8.45. The van der Waals surface area contributed by atoms with Crippen molar-refractivity contribution in [2.24, 2.45) is 0 Å². The highest BCUT2D eigenvalue weighted by molar-refractivity contribution is 5.99. The van der Waals surface area contributed by atoms with Crippen LogP contribution in [0.2, 0.25) is 0 Å². The summed E-state index contributed by atoms with van der Waals surface area (Å²) in [6.45, 7) is 1.53. The lowest BCUT2D eigenvalue weighted by Crippen LogP contribution is -2.24. The summed E-state index contributed by atoms with van der Waals surface area (Å²) in [5, 5.41) is 0. The topological polar surface area (TPSA) is 20.3 Å². The Morgan fingerprint density at radius 1 is 1.31 bits per heavy atom. The Balaban J connectivity index is 2.40. The van der Waals surface area contributed by atoms with Gasteiger partial charge in [-0.1, -0.05) is 24.3 Å². The third kappa shape index (κ3) is 1.63. The molecule has 0 aromatic heterocycles. The highest BCUT2D eigenvalue weighted by Gasteiger charge is 2.16. The monoisotopic (exact) mass is 175 g/mol. The van der Waals surface area contributed by atoms with E-state index in [-0.39, 0.29) is 5.78 Å². The third-order valence-electron chi connectivity index (χ3n) is 2.49. The van der Waals surface area contributed by atoms with E-state index in [1.807, 2.05) is 31.3 Å². The fourth-order valence-electron chi connectivity index (χ4n) is 1.73. The molecule has 0 fully saturated rings. The largest absolute Gasteiger partial charge is 0.299 e. The van der Waals surface area contributed by atoms with E-state index in [4.69, 9.17) is 0 Å². The lowest BCUT2D eigenvalue weighted by Gasteiger charge is -2.09. The molecule has 1 aromatic carbocycles. The van der Waals surface area contributed by atoms with Crippen LogP contribution in [0.25, 0.3) is 0 Å². The zero-order valence-corrected chi connectivity index (χ0v) is 7.79. The van der Waals surface area contributed by atoms with Crippen molar-refractivity contribution >= 4 is 5.78 Å². The van der Waals surface area contributed by atoms with E-state index in [0.29, 0.717) is 6.54 Å². The Hall–Kier alpha value is -1.15. The van der Waals surface area contributed by atoms with Crippen molar-refractivity contribution in [1.29, 1.82) is 0 Å². The molecule has 2 rings (SSSR count). The maximum Gasteiger partial charge on any atom is 0.177 e. The molecule has 1 heterocycles. The van der Waals surface area contributed by atoms with Gasteiger partial charge >= 0.3 is 0 Å². The number of hydrogen-bond acceptors (Lipinski definition) is 2. The number of rotatable bonds is 0. The summed E-state index contributed by atoms with van der Waals surface area (Å²) < 4.78 is 0. The van der Waals surface area contributed by atoms with E-state index in [2.05, 4.69) is 4.90 Å². The van der Waals surface area contributed by atoms with Gasteiger partial charge in [0.05, 0.1) is 6.54 Å². The van der Waals surface area contributed by atoms with Crippen LogP contribution in [0.1, 0.15) is 15.9 Å².